The second-order valence-electron chi connectivity index (χ2n) is 3.81. The van der Waals surface area contributed by atoms with Crippen molar-refractivity contribution in [1.29, 1.82) is 0 Å². The van der Waals surface area contributed by atoms with Crippen molar-refractivity contribution in [3.8, 4) is 0 Å². The average molecular weight is 204 g/mol. The standard InChI is InChI=1S/C14H20O/c1-5-14(15-4)12(3)11(2)13-9-7-6-8-10-13/h6-10,14H,5H2,1-4H3/b12-11+. The van der Waals surface area contributed by atoms with Gasteiger partial charge in [0.15, 0.2) is 0 Å². The zero-order valence-electron chi connectivity index (χ0n) is 10.1. The fraction of sp³-hybridized carbons (Fsp3) is 0.429. The van der Waals surface area contributed by atoms with Crippen LogP contribution in [0.3, 0.4) is 0 Å². The maximum Gasteiger partial charge on any atom is 0.0781 e. The Labute approximate surface area is 92.8 Å². The molecule has 0 radical (unpaired) electrons. The van der Waals surface area contributed by atoms with Crippen LogP contribution in [0.1, 0.15) is 32.8 Å². The second-order valence-corrected chi connectivity index (χ2v) is 3.81. The van der Waals surface area contributed by atoms with E-state index in [9.17, 15) is 0 Å². The maximum atomic E-state index is 5.45. The van der Waals surface area contributed by atoms with Gasteiger partial charge in [0.1, 0.15) is 0 Å². The van der Waals surface area contributed by atoms with Gasteiger partial charge in [-0.3, -0.25) is 0 Å². The third-order valence-electron chi connectivity index (χ3n) is 2.94. The number of allylic oxidation sites excluding steroid dienone is 1. The van der Waals surface area contributed by atoms with Crippen molar-refractivity contribution < 1.29 is 4.74 Å². The smallest absolute Gasteiger partial charge is 0.0781 e. The number of ether oxygens (including phenoxy) is 1. The summed E-state index contributed by atoms with van der Waals surface area (Å²) >= 11 is 0. The second kappa shape index (κ2) is 5.72. The van der Waals surface area contributed by atoms with Gasteiger partial charge in [-0.15, -0.1) is 0 Å². The fourth-order valence-electron chi connectivity index (χ4n) is 1.81. The monoisotopic (exact) mass is 204 g/mol. The highest BCUT2D eigenvalue weighted by Gasteiger charge is 2.10. The van der Waals surface area contributed by atoms with Gasteiger partial charge in [-0.05, 0) is 37.0 Å². The van der Waals surface area contributed by atoms with Gasteiger partial charge in [0.2, 0.25) is 0 Å². The van der Waals surface area contributed by atoms with Crippen LogP contribution < -0.4 is 0 Å². The van der Waals surface area contributed by atoms with Gasteiger partial charge in [0, 0.05) is 7.11 Å². The van der Waals surface area contributed by atoms with Gasteiger partial charge in [0.05, 0.1) is 6.10 Å². The summed E-state index contributed by atoms with van der Waals surface area (Å²) in [5.41, 5.74) is 3.93. The Morgan fingerprint density at radius 3 is 2.27 bits per heavy atom. The molecule has 82 valence electrons. The molecule has 0 N–H and O–H groups in total. The van der Waals surface area contributed by atoms with E-state index in [2.05, 4.69) is 45.0 Å². The van der Waals surface area contributed by atoms with Crippen molar-refractivity contribution in [2.45, 2.75) is 33.3 Å². The van der Waals surface area contributed by atoms with Crippen LogP contribution >= 0.6 is 0 Å². The van der Waals surface area contributed by atoms with Gasteiger partial charge in [0.25, 0.3) is 0 Å². The Hall–Kier alpha value is -1.08. The lowest BCUT2D eigenvalue weighted by atomic mass is 9.98. The molecule has 1 unspecified atom stereocenters. The van der Waals surface area contributed by atoms with Crippen molar-refractivity contribution in [2.75, 3.05) is 7.11 Å². The average Bonchev–Trinajstić information content (AvgIpc) is 2.30. The molecule has 0 aliphatic carbocycles. The number of benzene rings is 1. The van der Waals surface area contributed by atoms with Crippen molar-refractivity contribution in [3.63, 3.8) is 0 Å². The van der Waals surface area contributed by atoms with E-state index < -0.39 is 0 Å². The molecule has 0 spiro atoms. The summed E-state index contributed by atoms with van der Waals surface area (Å²) in [7, 11) is 1.77. The molecule has 1 heteroatoms. The zero-order valence-corrected chi connectivity index (χ0v) is 10.1. The molecule has 0 amide bonds. The minimum Gasteiger partial charge on any atom is -0.377 e. The number of hydrogen-bond donors (Lipinski definition) is 0. The summed E-state index contributed by atoms with van der Waals surface area (Å²) in [6, 6.07) is 10.5. The molecule has 1 rings (SSSR count). The van der Waals surface area contributed by atoms with Crippen LogP contribution in [-0.2, 0) is 4.74 Å². The topological polar surface area (TPSA) is 9.23 Å². The van der Waals surface area contributed by atoms with E-state index in [1.54, 1.807) is 7.11 Å². The molecule has 0 aromatic heterocycles. The highest BCUT2D eigenvalue weighted by atomic mass is 16.5. The van der Waals surface area contributed by atoms with E-state index in [4.69, 9.17) is 4.74 Å². The van der Waals surface area contributed by atoms with Crippen molar-refractivity contribution in [3.05, 3.63) is 41.5 Å². The summed E-state index contributed by atoms with van der Waals surface area (Å²) in [6.07, 6.45) is 1.26. The Bertz CT molecular complexity index is 320. The lowest BCUT2D eigenvalue weighted by Gasteiger charge is -2.17. The van der Waals surface area contributed by atoms with E-state index >= 15 is 0 Å². The van der Waals surface area contributed by atoms with E-state index in [1.807, 2.05) is 6.07 Å². The predicted octanol–water partition coefficient (Wildman–Crippen LogP) is 3.91. The minimum absolute atomic E-state index is 0.241. The normalized spacial score (nSPS) is 14.7. The Morgan fingerprint density at radius 1 is 1.20 bits per heavy atom. The molecular weight excluding hydrogens is 184 g/mol. The molecule has 15 heavy (non-hydrogen) atoms. The molecule has 1 aromatic carbocycles. The zero-order chi connectivity index (χ0) is 11.3. The van der Waals surface area contributed by atoms with Gasteiger partial charge in [-0.25, -0.2) is 0 Å². The minimum atomic E-state index is 0.241. The predicted molar refractivity (Wildman–Crippen MR) is 65.8 cm³/mol. The molecule has 0 aliphatic rings. The quantitative estimate of drug-likeness (QED) is 0.722. The number of hydrogen-bond acceptors (Lipinski definition) is 1. The Balaban J connectivity index is 2.99. The SMILES string of the molecule is CCC(OC)/C(C)=C(\C)c1ccccc1. The molecule has 0 saturated carbocycles. The largest absolute Gasteiger partial charge is 0.377 e. The van der Waals surface area contributed by atoms with E-state index in [0.29, 0.717) is 0 Å². The van der Waals surface area contributed by atoms with E-state index in [-0.39, 0.29) is 6.10 Å². The molecule has 0 bridgehead atoms. The number of rotatable bonds is 4. The van der Waals surface area contributed by atoms with Gasteiger partial charge >= 0.3 is 0 Å². The van der Waals surface area contributed by atoms with Crippen molar-refractivity contribution >= 4 is 5.57 Å². The highest BCUT2D eigenvalue weighted by molar-refractivity contribution is 5.67. The van der Waals surface area contributed by atoms with Crippen LogP contribution in [0.25, 0.3) is 5.57 Å². The maximum absolute atomic E-state index is 5.45. The molecular formula is C14H20O. The molecule has 0 heterocycles. The van der Waals surface area contributed by atoms with Gasteiger partial charge < -0.3 is 4.74 Å². The molecule has 1 atom stereocenters. The van der Waals surface area contributed by atoms with Crippen molar-refractivity contribution in [1.82, 2.24) is 0 Å². The molecule has 1 nitrogen and oxygen atoms in total. The lowest BCUT2D eigenvalue weighted by molar-refractivity contribution is 0.129. The molecule has 0 fully saturated rings. The summed E-state index contributed by atoms with van der Waals surface area (Å²) in [5, 5.41) is 0. The van der Waals surface area contributed by atoms with Crippen LogP contribution in [0.5, 0.6) is 0 Å². The van der Waals surface area contributed by atoms with Crippen LogP contribution in [0.2, 0.25) is 0 Å². The van der Waals surface area contributed by atoms with E-state index in [1.165, 1.54) is 16.7 Å². The fourth-order valence-corrected chi connectivity index (χ4v) is 1.81. The third-order valence-corrected chi connectivity index (χ3v) is 2.94. The summed E-state index contributed by atoms with van der Waals surface area (Å²) in [6.45, 7) is 6.46. The first-order chi connectivity index (χ1) is 7.20. The summed E-state index contributed by atoms with van der Waals surface area (Å²) in [4.78, 5) is 0. The molecule has 0 aliphatic heterocycles. The number of methoxy groups -OCH3 is 1. The summed E-state index contributed by atoms with van der Waals surface area (Å²) in [5.74, 6) is 0. The third kappa shape index (κ3) is 2.93. The van der Waals surface area contributed by atoms with Crippen LogP contribution in [0.4, 0.5) is 0 Å². The molecule has 0 saturated heterocycles. The first kappa shape index (κ1) is 12.0. The van der Waals surface area contributed by atoms with Crippen LogP contribution in [0.15, 0.2) is 35.9 Å². The first-order valence-electron chi connectivity index (χ1n) is 5.46. The van der Waals surface area contributed by atoms with Gasteiger partial charge in [-0.2, -0.15) is 0 Å². The highest BCUT2D eigenvalue weighted by Crippen LogP contribution is 2.22. The van der Waals surface area contributed by atoms with Crippen molar-refractivity contribution in [2.24, 2.45) is 0 Å². The van der Waals surface area contributed by atoms with Crippen LogP contribution in [-0.4, -0.2) is 13.2 Å². The lowest BCUT2D eigenvalue weighted by Crippen LogP contribution is -2.11. The van der Waals surface area contributed by atoms with Gasteiger partial charge in [-0.1, -0.05) is 37.3 Å². The Morgan fingerprint density at radius 2 is 1.80 bits per heavy atom. The first-order valence-corrected chi connectivity index (χ1v) is 5.46. The molecule has 1 aromatic rings. The summed E-state index contributed by atoms with van der Waals surface area (Å²) < 4.78 is 5.45. The van der Waals surface area contributed by atoms with Crippen LogP contribution in [0, 0.1) is 0 Å². The van der Waals surface area contributed by atoms with E-state index in [0.717, 1.165) is 6.42 Å². The Kier molecular flexibility index (Phi) is 4.57.